The van der Waals surface area contributed by atoms with E-state index in [4.69, 9.17) is 11.2 Å². The summed E-state index contributed by atoms with van der Waals surface area (Å²) in [5, 5.41) is 0. The summed E-state index contributed by atoms with van der Waals surface area (Å²) in [5.41, 5.74) is 2.10. The number of hydrogen-bond acceptors (Lipinski definition) is 1. The van der Waals surface area contributed by atoms with E-state index >= 15 is 0 Å². The molecule has 0 saturated heterocycles. The molecular weight excluding hydrogens is 335 g/mol. The van der Waals surface area contributed by atoms with E-state index in [1.54, 1.807) is 0 Å². The van der Waals surface area contributed by atoms with Crippen molar-refractivity contribution in [1.29, 1.82) is 0 Å². The largest absolute Gasteiger partial charge is 0.298 e. The van der Waals surface area contributed by atoms with Gasteiger partial charge in [0.25, 0.3) is 0 Å². The van der Waals surface area contributed by atoms with E-state index in [1.165, 1.54) is 0 Å². The molecule has 0 spiro atoms. The second-order valence-electron chi connectivity index (χ2n) is 5.58. The Morgan fingerprint density at radius 3 is 1.33 bits per heavy atom. The molecular formula is C21H18ClOP. The molecule has 0 amide bonds. The minimum Gasteiger partial charge on any atom is -0.298 e. The van der Waals surface area contributed by atoms with Crippen LogP contribution in [-0.4, -0.2) is 11.9 Å². The lowest BCUT2D eigenvalue weighted by molar-refractivity contribution is -0.119. The number of Topliss-reactive ketones (excluding diaryl/α,β-unsaturated/α-hetero) is 1. The standard InChI is InChI=1S/C21H18ClOP/c22-24-16-20(23)21(17-10-4-1-5-11-17,18-12-6-2-7-13-18)19-14-8-3-9-15-19/h1-15,24H,16H2. The van der Waals surface area contributed by atoms with Gasteiger partial charge in [-0.2, -0.15) is 0 Å². The molecule has 3 rings (SSSR count). The van der Waals surface area contributed by atoms with Gasteiger partial charge in [0, 0.05) is 6.16 Å². The van der Waals surface area contributed by atoms with Crippen LogP contribution in [-0.2, 0) is 10.2 Å². The van der Waals surface area contributed by atoms with Crippen LogP contribution in [0.3, 0.4) is 0 Å². The lowest BCUT2D eigenvalue weighted by Crippen LogP contribution is -2.39. The predicted molar refractivity (Wildman–Crippen MR) is 103 cm³/mol. The van der Waals surface area contributed by atoms with Crippen LogP contribution in [0.4, 0.5) is 0 Å². The lowest BCUT2D eigenvalue weighted by Gasteiger charge is -2.34. The number of rotatable bonds is 6. The molecule has 0 aliphatic heterocycles. The third-order valence-corrected chi connectivity index (χ3v) is 5.12. The van der Waals surface area contributed by atoms with Gasteiger partial charge >= 0.3 is 0 Å². The van der Waals surface area contributed by atoms with Crippen LogP contribution in [0.1, 0.15) is 16.7 Å². The van der Waals surface area contributed by atoms with Crippen molar-refractivity contribution in [3.8, 4) is 0 Å². The molecule has 0 aliphatic carbocycles. The van der Waals surface area contributed by atoms with Gasteiger partial charge in [-0.1, -0.05) is 102 Å². The third kappa shape index (κ3) is 3.02. The highest BCUT2D eigenvalue weighted by atomic mass is 35.7. The maximum absolute atomic E-state index is 13.4. The first-order valence-electron chi connectivity index (χ1n) is 7.83. The van der Waals surface area contributed by atoms with Crippen LogP contribution >= 0.6 is 19.2 Å². The van der Waals surface area contributed by atoms with E-state index in [-0.39, 0.29) is 13.7 Å². The van der Waals surface area contributed by atoms with E-state index in [1.807, 2.05) is 91.0 Å². The fourth-order valence-electron chi connectivity index (χ4n) is 3.24. The Balaban J connectivity index is 2.35. The van der Waals surface area contributed by atoms with Crippen molar-refractivity contribution in [2.45, 2.75) is 5.41 Å². The van der Waals surface area contributed by atoms with Crippen LogP contribution < -0.4 is 0 Å². The summed E-state index contributed by atoms with van der Waals surface area (Å²) < 4.78 is 0. The molecule has 0 fully saturated rings. The van der Waals surface area contributed by atoms with Gasteiger partial charge in [0.15, 0.2) is 5.78 Å². The van der Waals surface area contributed by atoms with Gasteiger partial charge in [0.05, 0.1) is 0 Å². The fourth-order valence-corrected chi connectivity index (χ4v) is 3.99. The Morgan fingerprint density at radius 2 is 1.04 bits per heavy atom. The third-order valence-electron chi connectivity index (χ3n) is 4.27. The Bertz CT molecular complexity index is 691. The number of benzene rings is 3. The Morgan fingerprint density at radius 1 is 0.708 bits per heavy atom. The monoisotopic (exact) mass is 352 g/mol. The maximum Gasteiger partial charge on any atom is 0.157 e. The molecule has 0 radical (unpaired) electrons. The summed E-state index contributed by atoms with van der Waals surface area (Å²) in [6, 6.07) is 29.9. The first-order valence-corrected chi connectivity index (χ1v) is 10.1. The maximum atomic E-state index is 13.4. The highest BCUT2D eigenvalue weighted by Gasteiger charge is 2.42. The Labute approximate surface area is 149 Å². The van der Waals surface area contributed by atoms with Gasteiger partial charge < -0.3 is 0 Å². The second kappa shape index (κ2) is 7.75. The van der Waals surface area contributed by atoms with E-state index in [9.17, 15) is 4.79 Å². The van der Waals surface area contributed by atoms with Crippen molar-refractivity contribution >= 4 is 25.0 Å². The number of halogens is 1. The van der Waals surface area contributed by atoms with Crippen molar-refractivity contribution in [3.05, 3.63) is 108 Å². The molecule has 1 unspecified atom stereocenters. The molecule has 0 saturated carbocycles. The highest BCUT2D eigenvalue weighted by Crippen LogP contribution is 2.41. The zero-order valence-electron chi connectivity index (χ0n) is 13.2. The van der Waals surface area contributed by atoms with Gasteiger partial charge in [0.1, 0.15) is 5.41 Å². The van der Waals surface area contributed by atoms with Crippen molar-refractivity contribution in [2.75, 3.05) is 6.16 Å². The fraction of sp³-hybridized carbons (Fsp3) is 0.0952. The van der Waals surface area contributed by atoms with Crippen LogP contribution in [0.2, 0.25) is 0 Å². The smallest absolute Gasteiger partial charge is 0.157 e. The molecule has 0 bridgehead atoms. The summed E-state index contributed by atoms with van der Waals surface area (Å²) in [6.45, 7) is 0. The number of ketones is 1. The summed E-state index contributed by atoms with van der Waals surface area (Å²) in [4.78, 5) is 13.4. The summed E-state index contributed by atoms with van der Waals surface area (Å²) >= 11 is 5.97. The summed E-state index contributed by atoms with van der Waals surface area (Å²) in [7, 11) is 0.0690. The molecule has 3 aromatic rings. The normalized spacial score (nSPS) is 11.7. The number of carbonyl (C=O) groups is 1. The van der Waals surface area contributed by atoms with Gasteiger partial charge in [-0.05, 0) is 24.6 Å². The molecule has 0 aliphatic rings. The van der Waals surface area contributed by atoms with Gasteiger partial charge in [-0.25, -0.2) is 0 Å². The average molecular weight is 353 g/mol. The minimum atomic E-state index is -0.828. The van der Waals surface area contributed by atoms with E-state index in [2.05, 4.69) is 0 Å². The molecule has 0 heterocycles. The minimum absolute atomic E-state index is 0.0690. The quantitative estimate of drug-likeness (QED) is 0.427. The lowest BCUT2D eigenvalue weighted by atomic mass is 9.67. The summed E-state index contributed by atoms with van der Waals surface area (Å²) in [6.07, 6.45) is 0.347. The SMILES string of the molecule is O=C(CPCl)C(c1ccccc1)(c1ccccc1)c1ccccc1. The molecule has 1 atom stereocenters. The van der Waals surface area contributed by atoms with Gasteiger partial charge in [-0.15, -0.1) is 0 Å². The Kier molecular flexibility index (Phi) is 5.45. The Hall–Kier alpha value is -1.95. The van der Waals surface area contributed by atoms with Crippen LogP contribution in [0, 0.1) is 0 Å². The molecule has 1 nitrogen and oxygen atoms in total. The van der Waals surface area contributed by atoms with Crippen molar-refractivity contribution in [2.24, 2.45) is 0 Å². The predicted octanol–water partition coefficient (Wildman–Crippen LogP) is 5.42. The summed E-state index contributed by atoms with van der Waals surface area (Å²) in [5.74, 6) is 0.124. The van der Waals surface area contributed by atoms with E-state index in [0.29, 0.717) is 6.16 Å². The average Bonchev–Trinajstić information content (AvgIpc) is 2.65. The molecule has 24 heavy (non-hydrogen) atoms. The van der Waals surface area contributed by atoms with Crippen LogP contribution in [0.25, 0.3) is 0 Å². The first-order chi connectivity index (χ1) is 11.8. The van der Waals surface area contributed by atoms with Gasteiger partial charge in [-0.3, -0.25) is 4.79 Å². The van der Waals surface area contributed by atoms with Crippen molar-refractivity contribution in [1.82, 2.24) is 0 Å². The van der Waals surface area contributed by atoms with Crippen molar-refractivity contribution < 1.29 is 4.79 Å². The molecule has 3 heteroatoms. The molecule has 0 aromatic heterocycles. The topological polar surface area (TPSA) is 17.1 Å². The molecule has 120 valence electrons. The van der Waals surface area contributed by atoms with Crippen LogP contribution in [0.5, 0.6) is 0 Å². The van der Waals surface area contributed by atoms with Gasteiger partial charge in [0.2, 0.25) is 0 Å². The highest BCUT2D eigenvalue weighted by molar-refractivity contribution is 7.69. The zero-order valence-corrected chi connectivity index (χ0v) is 14.9. The van der Waals surface area contributed by atoms with Crippen molar-refractivity contribution in [3.63, 3.8) is 0 Å². The molecule has 3 aromatic carbocycles. The molecule has 0 N–H and O–H groups in total. The number of carbonyl (C=O) groups excluding carboxylic acids is 1. The first kappa shape index (κ1) is 16.9. The van der Waals surface area contributed by atoms with E-state index < -0.39 is 5.41 Å². The second-order valence-corrected chi connectivity index (χ2v) is 7.00. The van der Waals surface area contributed by atoms with Crippen LogP contribution in [0.15, 0.2) is 91.0 Å². The zero-order chi connectivity index (χ0) is 16.8. The number of hydrogen-bond donors (Lipinski definition) is 0. The van der Waals surface area contributed by atoms with E-state index in [0.717, 1.165) is 16.7 Å².